The molecule has 0 amide bonds. The standard InChI is InChI=1S/C24H19F3N2O2S/c1-29-22(19-12-6-3-7-13-19)21(18-10-4-2-5-11-18)28-23(29)32(30,31)16-17-9-8-14-20(15-17)24(25,26)27/h2-15H,16H2,1H3. The minimum atomic E-state index is -4.55. The van der Waals surface area contributed by atoms with E-state index in [2.05, 4.69) is 4.98 Å². The zero-order valence-corrected chi connectivity index (χ0v) is 17.9. The summed E-state index contributed by atoms with van der Waals surface area (Å²) in [6, 6.07) is 22.8. The Labute approximate surface area is 183 Å². The third kappa shape index (κ3) is 4.31. The number of hydrogen-bond donors (Lipinski definition) is 0. The Morgan fingerprint density at radius 2 is 1.44 bits per heavy atom. The van der Waals surface area contributed by atoms with E-state index in [9.17, 15) is 21.6 Å². The number of imidazole rings is 1. The molecule has 0 fully saturated rings. The number of rotatable bonds is 5. The van der Waals surface area contributed by atoms with Crippen molar-refractivity contribution in [2.45, 2.75) is 17.1 Å². The molecule has 0 saturated heterocycles. The van der Waals surface area contributed by atoms with Crippen LogP contribution >= 0.6 is 0 Å². The summed E-state index contributed by atoms with van der Waals surface area (Å²) < 4.78 is 67.1. The molecule has 0 N–H and O–H groups in total. The van der Waals surface area contributed by atoms with Gasteiger partial charge in [-0.2, -0.15) is 13.2 Å². The van der Waals surface area contributed by atoms with E-state index in [1.165, 1.54) is 16.7 Å². The Bertz CT molecular complexity index is 1350. The van der Waals surface area contributed by atoms with E-state index in [1.54, 1.807) is 7.05 Å². The van der Waals surface area contributed by atoms with Crippen molar-refractivity contribution in [3.63, 3.8) is 0 Å². The van der Waals surface area contributed by atoms with E-state index in [4.69, 9.17) is 0 Å². The number of sulfone groups is 1. The van der Waals surface area contributed by atoms with E-state index in [1.807, 2.05) is 60.7 Å². The maximum absolute atomic E-state index is 13.2. The fourth-order valence-electron chi connectivity index (χ4n) is 3.60. The number of alkyl halides is 3. The van der Waals surface area contributed by atoms with Gasteiger partial charge in [-0.25, -0.2) is 13.4 Å². The molecule has 0 bridgehead atoms. The van der Waals surface area contributed by atoms with Crippen LogP contribution in [-0.4, -0.2) is 18.0 Å². The van der Waals surface area contributed by atoms with Crippen LogP contribution in [0.1, 0.15) is 11.1 Å². The van der Waals surface area contributed by atoms with E-state index >= 15 is 0 Å². The van der Waals surface area contributed by atoms with Gasteiger partial charge in [0.2, 0.25) is 15.0 Å². The lowest BCUT2D eigenvalue weighted by Crippen LogP contribution is -2.12. The van der Waals surface area contributed by atoms with Crippen molar-refractivity contribution in [1.82, 2.24) is 9.55 Å². The predicted octanol–water partition coefficient (Wildman–Crippen LogP) is 5.75. The smallest absolute Gasteiger partial charge is 0.317 e. The van der Waals surface area contributed by atoms with Crippen molar-refractivity contribution >= 4 is 9.84 Å². The number of hydrogen-bond acceptors (Lipinski definition) is 3. The van der Waals surface area contributed by atoms with Gasteiger partial charge in [0.15, 0.2) is 0 Å². The molecular weight excluding hydrogens is 437 g/mol. The number of aromatic nitrogens is 2. The number of benzene rings is 3. The van der Waals surface area contributed by atoms with Crippen molar-refractivity contribution < 1.29 is 21.6 Å². The van der Waals surface area contributed by atoms with Crippen LogP contribution in [0.3, 0.4) is 0 Å². The molecule has 0 radical (unpaired) electrons. The van der Waals surface area contributed by atoms with Crippen molar-refractivity contribution in [1.29, 1.82) is 0 Å². The number of halogens is 3. The molecule has 0 aliphatic rings. The van der Waals surface area contributed by atoms with E-state index in [0.717, 1.165) is 23.3 Å². The zero-order valence-electron chi connectivity index (χ0n) is 17.0. The third-order valence-corrected chi connectivity index (χ3v) is 6.67. The second-order valence-corrected chi connectivity index (χ2v) is 9.22. The molecule has 0 spiro atoms. The van der Waals surface area contributed by atoms with Gasteiger partial charge in [0, 0.05) is 18.2 Å². The van der Waals surface area contributed by atoms with Gasteiger partial charge in [-0.1, -0.05) is 78.9 Å². The Hall–Kier alpha value is -3.39. The first-order chi connectivity index (χ1) is 15.2. The van der Waals surface area contributed by atoms with Crippen molar-refractivity contribution in [2.24, 2.45) is 7.05 Å². The normalized spacial score (nSPS) is 12.1. The van der Waals surface area contributed by atoms with Crippen LogP contribution in [0.5, 0.6) is 0 Å². The predicted molar refractivity (Wildman–Crippen MR) is 116 cm³/mol. The third-order valence-electron chi connectivity index (χ3n) is 5.04. The lowest BCUT2D eigenvalue weighted by atomic mass is 10.1. The van der Waals surface area contributed by atoms with Crippen molar-refractivity contribution in [2.75, 3.05) is 0 Å². The fraction of sp³-hybridized carbons (Fsp3) is 0.125. The van der Waals surface area contributed by atoms with Gasteiger partial charge < -0.3 is 4.57 Å². The molecule has 0 atom stereocenters. The lowest BCUT2D eigenvalue weighted by Gasteiger charge is -2.10. The van der Waals surface area contributed by atoms with Gasteiger partial charge in [-0.15, -0.1) is 0 Å². The first-order valence-corrected chi connectivity index (χ1v) is 11.4. The van der Waals surface area contributed by atoms with Gasteiger partial charge in [0.1, 0.15) is 0 Å². The van der Waals surface area contributed by atoms with Gasteiger partial charge in [0.05, 0.1) is 22.7 Å². The molecule has 4 aromatic rings. The average molecular weight is 456 g/mol. The van der Waals surface area contributed by atoms with Crippen LogP contribution in [0, 0.1) is 0 Å². The van der Waals surface area contributed by atoms with Gasteiger partial charge in [0.25, 0.3) is 0 Å². The molecule has 0 unspecified atom stereocenters. The largest absolute Gasteiger partial charge is 0.416 e. The maximum atomic E-state index is 13.2. The highest BCUT2D eigenvalue weighted by molar-refractivity contribution is 7.90. The van der Waals surface area contributed by atoms with Crippen molar-refractivity contribution in [3.05, 3.63) is 96.1 Å². The van der Waals surface area contributed by atoms with Crippen LogP contribution in [0.25, 0.3) is 22.5 Å². The topological polar surface area (TPSA) is 52.0 Å². The molecule has 1 heterocycles. The molecule has 1 aromatic heterocycles. The summed E-state index contributed by atoms with van der Waals surface area (Å²) in [4.78, 5) is 4.45. The maximum Gasteiger partial charge on any atom is 0.416 e. The highest BCUT2D eigenvalue weighted by atomic mass is 32.2. The second kappa shape index (κ2) is 8.27. The Morgan fingerprint density at radius 1 is 0.844 bits per heavy atom. The Morgan fingerprint density at radius 3 is 2.03 bits per heavy atom. The van der Waals surface area contributed by atoms with Gasteiger partial charge in [-0.3, -0.25) is 0 Å². The summed E-state index contributed by atoms with van der Waals surface area (Å²) in [6.45, 7) is 0. The SMILES string of the molecule is Cn1c(S(=O)(=O)Cc2cccc(C(F)(F)F)c2)nc(-c2ccccc2)c1-c1ccccc1. The van der Waals surface area contributed by atoms with Crippen LogP contribution in [0.15, 0.2) is 90.1 Å². The Kier molecular flexibility index (Phi) is 5.64. The summed E-state index contributed by atoms with van der Waals surface area (Å²) in [7, 11) is -2.44. The second-order valence-electron chi connectivity index (χ2n) is 7.34. The molecular formula is C24H19F3N2O2S. The van der Waals surface area contributed by atoms with E-state index in [0.29, 0.717) is 11.4 Å². The molecule has 4 nitrogen and oxygen atoms in total. The van der Waals surface area contributed by atoms with E-state index < -0.39 is 27.3 Å². The Balaban J connectivity index is 1.83. The molecule has 4 rings (SSSR count). The average Bonchev–Trinajstić information content (AvgIpc) is 3.12. The summed E-state index contributed by atoms with van der Waals surface area (Å²) >= 11 is 0. The zero-order chi connectivity index (χ0) is 22.9. The van der Waals surface area contributed by atoms with Gasteiger partial charge in [-0.05, 0) is 11.6 Å². The lowest BCUT2D eigenvalue weighted by molar-refractivity contribution is -0.137. The van der Waals surface area contributed by atoms with E-state index in [-0.39, 0.29) is 10.7 Å². The summed E-state index contributed by atoms with van der Waals surface area (Å²) in [5.41, 5.74) is 1.77. The summed E-state index contributed by atoms with van der Waals surface area (Å²) in [5, 5.41) is -0.201. The van der Waals surface area contributed by atoms with Crippen LogP contribution in [0.2, 0.25) is 0 Å². The molecule has 3 aromatic carbocycles. The molecule has 0 aliphatic heterocycles. The van der Waals surface area contributed by atoms with Crippen LogP contribution in [-0.2, 0) is 28.8 Å². The minimum Gasteiger partial charge on any atom is -0.317 e. The molecule has 8 heteroatoms. The molecule has 0 saturated carbocycles. The van der Waals surface area contributed by atoms with Crippen LogP contribution < -0.4 is 0 Å². The van der Waals surface area contributed by atoms with Crippen LogP contribution in [0.4, 0.5) is 13.2 Å². The number of nitrogens with zero attached hydrogens (tertiary/aromatic N) is 2. The monoisotopic (exact) mass is 456 g/mol. The molecule has 32 heavy (non-hydrogen) atoms. The summed E-state index contributed by atoms with van der Waals surface area (Å²) in [5.74, 6) is -0.593. The quantitative estimate of drug-likeness (QED) is 0.384. The minimum absolute atomic E-state index is 0.0466. The molecule has 0 aliphatic carbocycles. The highest BCUT2D eigenvalue weighted by Crippen LogP contribution is 2.35. The highest BCUT2D eigenvalue weighted by Gasteiger charge is 2.32. The van der Waals surface area contributed by atoms with Crippen molar-refractivity contribution in [3.8, 4) is 22.5 Å². The first kappa shape index (κ1) is 21.8. The molecule has 164 valence electrons. The van der Waals surface area contributed by atoms with Gasteiger partial charge >= 0.3 is 6.18 Å². The fourth-order valence-corrected chi connectivity index (χ4v) is 5.09. The first-order valence-electron chi connectivity index (χ1n) is 9.73. The summed E-state index contributed by atoms with van der Waals surface area (Å²) in [6.07, 6.45) is -4.55.